The summed E-state index contributed by atoms with van der Waals surface area (Å²) in [6.45, 7) is 1.82. The lowest BCUT2D eigenvalue weighted by molar-refractivity contribution is -0.136. The highest BCUT2D eigenvalue weighted by molar-refractivity contribution is 6.14. The van der Waals surface area contributed by atoms with E-state index >= 15 is 0 Å². The Bertz CT molecular complexity index is 232. The van der Waals surface area contributed by atoms with E-state index in [-0.39, 0.29) is 17.5 Å². The van der Waals surface area contributed by atoms with Gasteiger partial charge in [0, 0.05) is 12.3 Å². The highest BCUT2D eigenvalue weighted by Crippen LogP contribution is 2.45. The average molecular weight is 152 g/mol. The molecule has 0 amide bonds. The maximum absolute atomic E-state index is 11.5. The third kappa shape index (κ3) is 0.725. The molecule has 2 fully saturated rings. The van der Waals surface area contributed by atoms with Crippen molar-refractivity contribution in [2.75, 3.05) is 0 Å². The van der Waals surface area contributed by atoms with E-state index in [1.165, 1.54) is 0 Å². The van der Waals surface area contributed by atoms with Crippen molar-refractivity contribution < 1.29 is 9.59 Å². The van der Waals surface area contributed by atoms with Crippen LogP contribution in [0.4, 0.5) is 0 Å². The molecule has 0 unspecified atom stereocenters. The molecule has 2 bridgehead atoms. The van der Waals surface area contributed by atoms with Crippen LogP contribution in [-0.2, 0) is 9.59 Å². The van der Waals surface area contributed by atoms with Crippen LogP contribution in [0.25, 0.3) is 0 Å². The number of hydrogen-bond donors (Lipinski definition) is 0. The summed E-state index contributed by atoms with van der Waals surface area (Å²) in [4.78, 5) is 22.9. The first kappa shape index (κ1) is 7.01. The third-order valence-electron chi connectivity index (χ3n) is 3.19. The van der Waals surface area contributed by atoms with Gasteiger partial charge in [-0.15, -0.1) is 0 Å². The quantitative estimate of drug-likeness (QED) is 0.491. The van der Waals surface area contributed by atoms with Crippen LogP contribution in [0.15, 0.2) is 0 Å². The Morgan fingerprint density at radius 1 is 1.45 bits per heavy atom. The van der Waals surface area contributed by atoms with E-state index in [4.69, 9.17) is 0 Å². The molecule has 0 aliphatic heterocycles. The van der Waals surface area contributed by atoms with Crippen molar-refractivity contribution in [3.05, 3.63) is 0 Å². The van der Waals surface area contributed by atoms with Crippen molar-refractivity contribution in [2.45, 2.75) is 32.6 Å². The molecule has 0 radical (unpaired) electrons. The molecule has 2 atom stereocenters. The number of rotatable bonds is 0. The molecular formula is C9H12O2. The standard InChI is InChI=1S/C9H12O2/c1-9-4-2-3-6(8(9)11)5-7(9)10/h6H,2-5H2,1H3/t6-,9+/m0/s1. The topological polar surface area (TPSA) is 34.1 Å². The maximum Gasteiger partial charge on any atom is 0.149 e. The molecule has 0 heterocycles. The Balaban J connectivity index is 2.41. The van der Waals surface area contributed by atoms with Gasteiger partial charge in [-0.05, 0) is 19.8 Å². The van der Waals surface area contributed by atoms with Gasteiger partial charge in [-0.1, -0.05) is 6.42 Å². The lowest BCUT2D eigenvalue weighted by Crippen LogP contribution is -2.33. The second-order valence-corrected chi connectivity index (χ2v) is 3.91. The SMILES string of the molecule is C[C@@]12CCC[C@@H](CC1=O)C2=O. The summed E-state index contributed by atoms with van der Waals surface area (Å²) < 4.78 is 0. The van der Waals surface area contributed by atoms with Crippen molar-refractivity contribution in [2.24, 2.45) is 11.3 Å². The molecule has 0 aromatic rings. The van der Waals surface area contributed by atoms with Crippen molar-refractivity contribution in [1.29, 1.82) is 0 Å². The van der Waals surface area contributed by atoms with E-state index in [1.807, 2.05) is 6.92 Å². The first-order valence-corrected chi connectivity index (χ1v) is 4.22. The summed E-state index contributed by atoms with van der Waals surface area (Å²) in [5.74, 6) is 0.486. The largest absolute Gasteiger partial charge is 0.299 e. The predicted molar refractivity (Wildman–Crippen MR) is 40.1 cm³/mol. The molecule has 0 saturated heterocycles. The average Bonchev–Trinajstić information content (AvgIpc) is 2.16. The Hall–Kier alpha value is -0.660. The van der Waals surface area contributed by atoms with Crippen molar-refractivity contribution in [1.82, 2.24) is 0 Å². The number of ketones is 2. The van der Waals surface area contributed by atoms with Gasteiger partial charge >= 0.3 is 0 Å². The number of hydrogen-bond acceptors (Lipinski definition) is 2. The van der Waals surface area contributed by atoms with Crippen LogP contribution in [-0.4, -0.2) is 11.6 Å². The summed E-state index contributed by atoms with van der Waals surface area (Å²) in [6, 6.07) is 0. The van der Waals surface area contributed by atoms with Crippen LogP contribution in [0.3, 0.4) is 0 Å². The molecule has 0 N–H and O–H groups in total. The fraction of sp³-hybridized carbons (Fsp3) is 0.778. The zero-order valence-electron chi connectivity index (χ0n) is 6.72. The molecule has 2 saturated carbocycles. The molecule has 2 aliphatic carbocycles. The van der Waals surface area contributed by atoms with E-state index in [2.05, 4.69) is 0 Å². The summed E-state index contributed by atoms with van der Waals surface area (Å²) in [5, 5.41) is 0. The van der Waals surface area contributed by atoms with Crippen LogP contribution in [0.2, 0.25) is 0 Å². The molecular weight excluding hydrogens is 140 g/mol. The number of carbonyl (C=O) groups is 2. The van der Waals surface area contributed by atoms with Crippen LogP contribution >= 0.6 is 0 Å². The Morgan fingerprint density at radius 2 is 2.18 bits per heavy atom. The minimum absolute atomic E-state index is 0.0845. The fourth-order valence-electron chi connectivity index (χ4n) is 2.33. The summed E-state index contributed by atoms with van der Waals surface area (Å²) in [6.07, 6.45) is 3.31. The number of carbonyl (C=O) groups excluding carboxylic acids is 2. The van der Waals surface area contributed by atoms with Crippen molar-refractivity contribution in [3.63, 3.8) is 0 Å². The Labute approximate surface area is 66.0 Å². The first-order valence-electron chi connectivity index (χ1n) is 4.22. The molecule has 2 nitrogen and oxygen atoms in total. The minimum Gasteiger partial charge on any atom is -0.299 e. The van der Waals surface area contributed by atoms with E-state index in [9.17, 15) is 9.59 Å². The summed E-state index contributed by atoms with van der Waals surface area (Å²) in [5.41, 5.74) is -0.567. The molecule has 2 aliphatic rings. The van der Waals surface area contributed by atoms with E-state index in [0.717, 1.165) is 19.3 Å². The minimum atomic E-state index is -0.567. The molecule has 11 heavy (non-hydrogen) atoms. The van der Waals surface area contributed by atoms with Crippen LogP contribution in [0.1, 0.15) is 32.6 Å². The monoisotopic (exact) mass is 152 g/mol. The van der Waals surface area contributed by atoms with Gasteiger partial charge in [0.05, 0.1) is 5.41 Å². The third-order valence-corrected chi connectivity index (χ3v) is 3.19. The number of fused-ring (bicyclic) bond motifs is 2. The molecule has 2 heteroatoms. The second kappa shape index (κ2) is 1.93. The number of Topliss-reactive ketones (excluding diaryl/α,β-unsaturated/α-hetero) is 2. The van der Waals surface area contributed by atoms with Gasteiger partial charge in [-0.2, -0.15) is 0 Å². The van der Waals surface area contributed by atoms with Gasteiger partial charge in [-0.3, -0.25) is 9.59 Å². The predicted octanol–water partition coefficient (Wildman–Crippen LogP) is 1.33. The first-order chi connectivity index (χ1) is 5.14. The van der Waals surface area contributed by atoms with Gasteiger partial charge < -0.3 is 0 Å². The summed E-state index contributed by atoms with van der Waals surface area (Å²) in [7, 11) is 0. The summed E-state index contributed by atoms with van der Waals surface area (Å²) >= 11 is 0. The molecule has 60 valence electrons. The highest BCUT2D eigenvalue weighted by Gasteiger charge is 2.52. The fourth-order valence-corrected chi connectivity index (χ4v) is 2.33. The molecule has 2 rings (SSSR count). The lowest BCUT2D eigenvalue weighted by Gasteiger charge is -2.25. The lowest BCUT2D eigenvalue weighted by atomic mass is 9.76. The normalized spacial score (nSPS) is 43.2. The maximum atomic E-state index is 11.5. The van der Waals surface area contributed by atoms with Crippen molar-refractivity contribution >= 4 is 11.6 Å². The van der Waals surface area contributed by atoms with Gasteiger partial charge in [0.2, 0.25) is 0 Å². The van der Waals surface area contributed by atoms with E-state index in [1.54, 1.807) is 0 Å². The van der Waals surface area contributed by atoms with Gasteiger partial charge in [0.25, 0.3) is 0 Å². The van der Waals surface area contributed by atoms with E-state index < -0.39 is 5.41 Å². The van der Waals surface area contributed by atoms with Crippen LogP contribution in [0.5, 0.6) is 0 Å². The smallest absolute Gasteiger partial charge is 0.149 e. The highest BCUT2D eigenvalue weighted by atomic mass is 16.2. The van der Waals surface area contributed by atoms with Crippen LogP contribution in [0, 0.1) is 11.3 Å². The zero-order chi connectivity index (χ0) is 8.06. The molecule has 0 spiro atoms. The van der Waals surface area contributed by atoms with Crippen LogP contribution < -0.4 is 0 Å². The van der Waals surface area contributed by atoms with Gasteiger partial charge in [0.15, 0.2) is 0 Å². The Kier molecular flexibility index (Phi) is 1.23. The van der Waals surface area contributed by atoms with Gasteiger partial charge in [-0.25, -0.2) is 0 Å². The van der Waals surface area contributed by atoms with Gasteiger partial charge in [0.1, 0.15) is 11.6 Å². The Morgan fingerprint density at radius 3 is 2.73 bits per heavy atom. The molecule has 0 aromatic heterocycles. The zero-order valence-corrected chi connectivity index (χ0v) is 6.72. The second-order valence-electron chi connectivity index (χ2n) is 3.91. The van der Waals surface area contributed by atoms with E-state index in [0.29, 0.717) is 6.42 Å². The molecule has 0 aromatic carbocycles. The van der Waals surface area contributed by atoms with Crippen molar-refractivity contribution in [3.8, 4) is 0 Å².